The van der Waals surface area contributed by atoms with Gasteiger partial charge in [0.15, 0.2) is 5.82 Å². The Labute approximate surface area is 104 Å². The summed E-state index contributed by atoms with van der Waals surface area (Å²) in [4.78, 5) is 0. The quantitative estimate of drug-likeness (QED) is 0.724. The summed E-state index contributed by atoms with van der Waals surface area (Å²) in [5, 5.41) is 26.5. The third-order valence-electron chi connectivity index (χ3n) is 2.66. The smallest absolute Gasteiger partial charge is 0.188 e. The molecule has 0 saturated heterocycles. The summed E-state index contributed by atoms with van der Waals surface area (Å²) >= 11 is 0. The number of aromatic hydroxyl groups is 1. The Hall–Kier alpha value is -2.15. The van der Waals surface area contributed by atoms with Crippen LogP contribution in [0, 0.1) is 0 Å². The molecule has 7 heteroatoms. The number of H-pyrrole nitrogens is 1. The summed E-state index contributed by atoms with van der Waals surface area (Å²) < 4.78 is 5.13. The first-order valence-corrected chi connectivity index (χ1v) is 5.53. The number of aromatic nitrogens is 4. The van der Waals surface area contributed by atoms with Crippen molar-refractivity contribution in [3.8, 4) is 11.5 Å². The van der Waals surface area contributed by atoms with Gasteiger partial charge >= 0.3 is 0 Å². The van der Waals surface area contributed by atoms with Crippen LogP contribution in [0.2, 0.25) is 0 Å². The fourth-order valence-corrected chi connectivity index (χ4v) is 1.62. The zero-order chi connectivity index (χ0) is 13.0. The van der Waals surface area contributed by atoms with E-state index in [-0.39, 0.29) is 11.8 Å². The van der Waals surface area contributed by atoms with Crippen molar-refractivity contribution in [2.45, 2.75) is 19.5 Å². The van der Waals surface area contributed by atoms with Crippen LogP contribution >= 0.6 is 0 Å². The molecule has 2 aromatic rings. The van der Waals surface area contributed by atoms with Gasteiger partial charge in [-0.15, -0.1) is 10.2 Å². The van der Waals surface area contributed by atoms with E-state index in [0.29, 0.717) is 18.1 Å². The lowest BCUT2D eigenvalue weighted by Crippen LogP contribution is -2.19. The number of nitrogens with one attached hydrogen (secondary N) is 2. The van der Waals surface area contributed by atoms with Crippen LogP contribution in [-0.2, 0) is 6.54 Å². The number of phenols is 1. The summed E-state index contributed by atoms with van der Waals surface area (Å²) in [6.45, 7) is 2.41. The van der Waals surface area contributed by atoms with Gasteiger partial charge in [-0.2, -0.15) is 5.21 Å². The van der Waals surface area contributed by atoms with E-state index in [2.05, 4.69) is 25.9 Å². The van der Waals surface area contributed by atoms with Crippen LogP contribution < -0.4 is 10.1 Å². The molecule has 0 spiro atoms. The standard InChI is InChI=1S/C11H15N5O2/c1-7(12-6-11-13-15-16-14-11)9-5-8(18-2)3-4-10(9)17/h3-5,7,12,17H,6H2,1-2H3,(H,13,14,15,16). The molecule has 0 aliphatic rings. The van der Waals surface area contributed by atoms with Crippen molar-refractivity contribution in [2.24, 2.45) is 0 Å². The predicted octanol–water partition coefficient (Wildman–Crippen LogP) is 0.765. The molecular formula is C11H15N5O2. The topological polar surface area (TPSA) is 96.0 Å². The molecule has 1 heterocycles. The summed E-state index contributed by atoms with van der Waals surface area (Å²) in [7, 11) is 1.59. The van der Waals surface area contributed by atoms with Crippen LogP contribution in [0.1, 0.15) is 24.4 Å². The normalized spacial score (nSPS) is 12.3. The van der Waals surface area contributed by atoms with Gasteiger partial charge in [-0.05, 0) is 25.1 Å². The Morgan fingerprint density at radius 1 is 1.50 bits per heavy atom. The lowest BCUT2D eigenvalue weighted by molar-refractivity contribution is 0.407. The van der Waals surface area contributed by atoms with Gasteiger partial charge in [-0.25, -0.2) is 0 Å². The van der Waals surface area contributed by atoms with Gasteiger partial charge < -0.3 is 15.2 Å². The molecule has 7 nitrogen and oxygen atoms in total. The van der Waals surface area contributed by atoms with Crippen molar-refractivity contribution in [3.05, 3.63) is 29.6 Å². The summed E-state index contributed by atoms with van der Waals surface area (Å²) in [6, 6.07) is 5.06. The second-order valence-corrected chi connectivity index (χ2v) is 3.86. The van der Waals surface area contributed by atoms with E-state index in [9.17, 15) is 5.11 Å². The van der Waals surface area contributed by atoms with Crippen molar-refractivity contribution in [1.82, 2.24) is 25.9 Å². The van der Waals surface area contributed by atoms with E-state index in [4.69, 9.17) is 4.74 Å². The number of aromatic amines is 1. The number of benzene rings is 1. The third-order valence-corrected chi connectivity index (χ3v) is 2.66. The SMILES string of the molecule is COc1ccc(O)c(C(C)NCc2nn[nH]n2)c1. The minimum absolute atomic E-state index is 0.0569. The zero-order valence-corrected chi connectivity index (χ0v) is 10.2. The molecule has 3 N–H and O–H groups in total. The van der Waals surface area contributed by atoms with Gasteiger partial charge in [0, 0.05) is 11.6 Å². The number of nitrogens with zero attached hydrogens (tertiary/aromatic N) is 3. The summed E-state index contributed by atoms with van der Waals surface area (Å²) in [5.74, 6) is 1.50. The highest BCUT2D eigenvalue weighted by Crippen LogP contribution is 2.28. The Bertz CT molecular complexity index is 500. The molecule has 0 aliphatic carbocycles. The molecule has 2 rings (SSSR count). The van der Waals surface area contributed by atoms with Gasteiger partial charge in [0.2, 0.25) is 0 Å². The zero-order valence-electron chi connectivity index (χ0n) is 10.2. The van der Waals surface area contributed by atoms with Crippen LogP contribution in [0.5, 0.6) is 11.5 Å². The number of hydrogen-bond donors (Lipinski definition) is 3. The fourth-order valence-electron chi connectivity index (χ4n) is 1.62. The maximum atomic E-state index is 9.81. The van der Waals surface area contributed by atoms with Crippen LogP contribution in [0.25, 0.3) is 0 Å². The highest BCUT2D eigenvalue weighted by molar-refractivity contribution is 5.41. The van der Waals surface area contributed by atoms with Crippen molar-refractivity contribution in [3.63, 3.8) is 0 Å². The lowest BCUT2D eigenvalue weighted by atomic mass is 10.1. The van der Waals surface area contributed by atoms with E-state index in [1.165, 1.54) is 0 Å². The average Bonchev–Trinajstić information content (AvgIpc) is 2.89. The maximum Gasteiger partial charge on any atom is 0.188 e. The van der Waals surface area contributed by atoms with Crippen LogP contribution in [0.3, 0.4) is 0 Å². The van der Waals surface area contributed by atoms with Crippen LogP contribution in [-0.4, -0.2) is 32.8 Å². The first kappa shape index (κ1) is 12.3. The number of phenolic OH excluding ortho intramolecular Hbond substituents is 1. The molecule has 0 saturated carbocycles. The fraction of sp³-hybridized carbons (Fsp3) is 0.364. The molecule has 1 unspecified atom stereocenters. The van der Waals surface area contributed by atoms with Gasteiger partial charge in [-0.3, -0.25) is 0 Å². The van der Waals surface area contributed by atoms with Crippen molar-refractivity contribution in [1.29, 1.82) is 0 Å². The molecule has 0 fully saturated rings. The number of tetrazole rings is 1. The molecule has 1 aromatic heterocycles. The minimum atomic E-state index is -0.0569. The molecular weight excluding hydrogens is 234 g/mol. The minimum Gasteiger partial charge on any atom is -0.508 e. The van der Waals surface area contributed by atoms with Gasteiger partial charge in [0.25, 0.3) is 0 Å². The Balaban J connectivity index is 2.05. The Kier molecular flexibility index (Phi) is 3.73. The number of ether oxygens (including phenoxy) is 1. The molecule has 96 valence electrons. The average molecular weight is 249 g/mol. The van der Waals surface area contributed by atoms with Crippen molar-refractivity contribution >= 4 is 0 Å². The van der Waals surface area contributed by atoms with Crippen molar-refractivity contribution in [2.75, 3.05) is 7.11 Å². The predicted molar refractivity (Wildman–Crippen MR) is 64.1 cm³/mol. The summed E-state index contributed by atoms with van der Waals surface area (Å²) in [5.41, 5.74) is 0.762. The van der Waals surface area contributed by atoms with Gasteiger partial charge in [-0.1, -0.05) is 5.21 Å². The van der Waals surface area contributed by atoms with E-state index in [1.54, 1.807) is 25.3 Å². The molecule has 0 radical (unpaired) electrons. The van der Waals surface area contributed by atoms with E-state index < -0.39 is 0 Å². The molecule has 0 aliphatic heterocycles. The monoisotopic (exact) mass is 249 g/mol. The molecule has 1 aromatic carbocycles. The van der Waals surface area contributed by atoms with E-state index in [1.807, 2.05) is 6.92 Å². The van der Waals surface area contributed by atoms with Gasteiger partial charge in [0.1, 0.15) is 11.5 Å². The largest absolute Gasteiger partial charge is 0.508 e. The van der Waals surface area contributed by atoms with E-state index >= 15 is 0 Å². The second-order valence-electron chi connectivity index (χ2n) is 3.86. The maximum absolute atomic E-state index is 9.81. The molecule has 0 bridgehead atoms. The number of rotatable bonds is 5. The third kappa shape index (κ3) is 2.75. The Morgan fingerprint density at radius 2 is 2.33 bits per heavy atom. The van der Waals surface area contributed by atoms with Gasteiger partial charge in [0.05, 0.1) is 13.7 Å². The first-order valence-electron chi connectivity index (χ1n) is 5.53. The molecule has 18 heavy (non-hydrogen) atoms. The van der Waals surface area contributed by atoms with Crippen molar-refractivity contribution < 1.29 is 9.84 Å². The Morgan fingerprint density at radius 3 is 3.00 bits per heavy atom. The number of hydrogen-bond acceptors (Lipinski definition) is 6. The van der Waals surface area contributed by atoms with Crippen LogP contribution in [0.15, 0.2) is 18.2 Å². The highest BCUT2D eigenvalue weighted by atomic mass is 16.5. The first-order chi connectivity index (χ1) is 8.70. The summed E-state index contributed by atoms with van der Waals surface area (Å²) in [6.07, 6.45) is 0. The highest BCUT2D eigenvalue weighted by Gasteiger charge is 2.12. The lowest BCUT2D eigenvalue weighted by Gasteiger charge is -2.15. The molecule has 1 atom stereocenters. The van der Waals surface area contributed by atoms with E-state index in [0.717, 1.165) is 5.56 Å². The number of methoxy groups -OCH3 is 1. The molecule has 0 amide bonds. The van der Waals surface area contributed by atoms with Crippen LogP contribution in [0.4, 0.5) is 0 Å². The second kappa shape index (κ2) is 5.46.